The van der Waals surface area contributed by atoms with Gasteiger partial charge in [-0.15, -0.1) is 0 Å². The van der Waals surface area contributed by atoms with E-state index in [1.54, 1.807) is 23.9 Å². The lowest BCUT2D eigenvalue weighted by Crippen LogP contribution is -2.30. The zero-order valence-corrected chi connectivity index (χ0v) is 14.3. The summed E-state index contributed by atoms with van der Waals surface area (Å²) in [6, 6.07) is 12.0. The highest BCUT2D eigenvalue weighted by Gasteiger charge is 2.15. The summed E-state index contributed by atoms with van der Waals surface area (Å²) in [5.41, 5.74) is 1.23. The first-order valence-corrected chi connectivity index (χ1v) is 8.26. The van der Waals surface area contributed by atoms with E-state index in [9.17, 15) is 4.79 Å². The summed E-state index contributed by atoms with van der Waals surface area (Å²) >= 11 is 0. The predicted molar refractivity (Wildman–Crippen MR) is 92.9 cm³/mol. The molecule has 0 fully saturated rings. The number of rotatable bonds is 10. The van der Waals surface area contributed by atoms with Crippen LogP contribution >= 0.6 is 0 Å². The Morgan fingerprint density at radius 2 is 2.04 bits per heavy atom. The number of anilines is 1. The van der Waals surface area contributed by atoms with E-state index in [1.165, 1.54) is 5.56 Å². The van der Waals surface area contributed by atoms with E-state index >= 15 is 0 Å². The Kier molecular flexibility index (Phi) is 7.45. The molecule has 1 aromatic carbocycles. The summed E-state index contributed by atoms with van der Waals surface area (Å²) in [5, 5.41) is 7.13. The molecule has 0 radical (unpaired) electrons. The monoisotopic (exact) mass is 331 g/mol. The second kappa shape index (κ2) is 9.85. The highest BCUT2D eigenvalue weighted by atomic mass is 16.5. The van der Waals surface area contributed by atoms with Gasteiger partial charge in [-0.1, -0.05) is 30.3 Å². The first-order valence-electron chi connectivity index (χ1n) is 8.26. The molecule has 2 rings (SSSR count). The van der Waals surface area contributed by atoms with Gasteiger partial charge in [0.1, 0.15) is 11.9 Å². The molecule has 130 valence electrons. The summed E-state index contributed by atoms with van der Waals surface area (Å²) in [6.45, 7) is 5.88. The van der Waals surface area contributed by atoms with Crippen molar-refractivity contribution in [1.82, 2.24) is 9.78 Å². The Bertz CT molecular complexity index is 613. The lowest BCUT2D eigenvalue weighted by atomic mass is 10.1. The maximum Gasteiger partial charge on any atom is 0.254 e. The van der Waals surface area contributed by atoms with Crippen molar-refractivity contribution < 1.29 is 14.3 Å². The van der Waals surface area contributed by atoms with Crippen molar-refractivity contribution in [2.24, 2.45) is 0 Å². The first-order chi connectivity index (χ1) is 11.7. The quantitative estimate of drug-likeness (QED) is 0.679. The van der Waals surface area contributed by atoms with Crippen molar-refractivity contribution >= 4 is 11.7 Å². The van der Waals surface area contributed by atoms with Crippen molar-refractivity contribution in [3.63, 3.8) is 0 Å². The van der Waals surface area contributed by atoms with Gasteiger partial charge in [0.25, 0.3) is 5.91 Å². The molecule has 0 spiro atoms. The van der Waals surface area contributed by atoms with Crippen LogP contribution in [0.1, 0.15) is 19.4 Å². The van der Waals surface area contributed by atoms with E-state index < -0.39 is 6.10 Å². The minimum Gasteiger partial charge on any atom is -0.379 e. The maximum absolute atomic E-state index is 12.2. The molecule has 1 amide bonds. The summed E-state index contributed by atoms with van der Waals surface area (Å²) in [6.07, 6.45) is 2.00. The molecule has 0 aliphatic rings. The molecule has 0 saturated carbocycles. The van der Waals surface area contributed by atoms with Crippen molar-refractivity contribution in [3.05, 3.63) is 48.2 Å². The molecule has 1 aromatic heterocycles. The molecule has 0 saturated heterocycles. The Hall–Kier alpha value is -2.18. The second-order valence-electron chi connectivity index (χ2n) is 5.37. The van der Waals surface area contributed by atoms with Gasteiger partial charge in [0.2, 0.25) is 0 Å². The molecule has 6 heteroatoms. The molecule has 1 atom stereocenters. The third-order valence-electron chi connectivity index (χ3n) is 3.59. The molecule has 24 heavy (non-hydrogen) atoms. The van der Waals surface area contributed by atoms with Crippen LogP contribution < -0.4 is 5.32 Å². The van der Waals surface area contributed by atoms with Gasteiger partial charge in [-0.3, -0.25) is 4.79 Å². The van der Waals surface area contributed by atoms with Gasteiger partial charge >= 0.3 is 0 Å². The van der Waals surface area contributed by atoms with Gasteiger partial charge in [-0.25, -0.2) is 4.68 Å². The SMILES string of the molecule is CCOCCOC(C)C(=O)Nc1ccnn1CCc1ccccc1. The number of amides is 1. The largest absolute Gasteiger partial charge is 0.379 e. The normalized spacial score (nSPS) is 12.1. The third kappa shape index (κ3) is 5.79. The van der Waals surface area contributed by atoms with Gasteiger partial charge in [-0.2, -0.15) is 5.10 Å². The number of carbonyl (C=O) groups is 1. The molecule has 1 heterocycles. The summed E-state index contributed by atoms with van der Waals surface area (Å²) in [4.78, 5) is 12.2. The standard InChI is InChI=1S/C18H25N3O3/c1-3-23-13-14-24-15(2)18(22)20-17-9-11-19-21(17)12-10-16-7-5-4-6-8-16/h4-9,11,15H,3,10,12-14H2,1-2H3,(H,20,22). The van der Waals surface area contributed by atoms with Crippen LogP contribution in [0.2, 0.25) is 0 Å². The number of aromatic nitrogens is 2. The number of carbonyl (C=O) groups excluding carboxylic acids is 1. The van der Waals surface area contributed by atoms with E-state index in [2.05, 4.69) is 22.5 Å². The Labute approximate surface area is 142 Å². The van der Waals surface area contributed by atoms with Crippen molar-refractivity contribution in [2.45, 2.75) is 32.9 Å². The molecular weight excluding hydrogens is 306 g/mol. The topological polar surface area (TPSA) is 65.4 Å². The minimum absolute atomic E-state index is 0.187. The average Bonchev–Trinajstić information content (AvgIpc) is 3.04. The van der Waals surface area contributed by atoms with E-state index in [4.69, 9.17) is 9.47 Å². The Morgan fingerprint density at radius 3 is 2.79 bits per heavy atom. The molecule has 0 aliphatic heterocycles. The molecule has 0 bridgehead atoms. The van der Waals surface area contributed by atoms with E-state index in [1.807, 2.05) is 25.1 Å². The highest BCUT2D eigenvalue weighted by Crippen LogP contribution is 2.10. The van der Waals surface area contributed by atoms with Crippen LogP contribution in [0.5, 0.6) is 0 Å². The number of benzene rings is 1. The summed E-state index contributed by atoms with van der Waals surface area (Å²) in [7, 11) is 0. The molecule has 1 unspecified atom stereocenters. The highest BCUT2D eigenvalue weighted by molar-refractivity contribution is 5.93. The van der Waals surface area contributed by atoms with Crippen LogP contribution in [0, 0.1) is 0 Å². The Balaban J connectivity index is 1.82. The van der Waals surface area contributed by atoms with E-state index in [-0.39, 0.29) is 5.91 Å². The minimum atomic E-state index is -0.539. The van der Waals surface area contributed by atoms with E-state index in [0.29, 0.717) is 32.2 Å². The van der Waals surface area contributed by atoms with Crippen LogP contribution in [0.3, 0.4) is 0 Å². The average molecular weight is 331 g/mol. The summed E-state index contributed by atoms with van der Waals surface area (Å²) in [5.74, 6) is 0.490. The fourth-order valence-corrected chi connectivity index (χ4v) is 2.23. The number of nitrogens with zero attached hydrogens (tertiary/aromatic N) is 2. The van der Waals surface area contributed by atoms with Gasteiger partial charge in [-0.05, 0) is 25.8 Å². The van der Waals surface area contributed by atoms with Crippen molar-refractivity contribution in [1.29, 1.82) is 0 Å². The van der Waals surface area contributed by atoms with Gasteiger partial charge in [0.05, 0.1) is 19.4 Å². The van der Waals surface area contributed by atoms with Crippen LogP contribution in [-0.4, -0.2) is 41.6 Å². The molecule has 6 nitrogen and oxygen atoms in total. The fourth-order valence-electron chi connectivity index (χ4n) is 2.23. The lowest BCUT2D eigenvalue weighted by Gasteiger charge is -2.14. The number of hydrogen-bond donors (Lipinski definition) is 1. The van der Waals surface area contributed by atoms with Gasteiger partial charge in [0, 0.05) is 19.2 Å². The van der Waals surface area contributed by atoms with Crippen molar-refractivity contribution in [2.75, 3.05) is 25.1 Å². The number of hydrogen-bond acceptors (Lipinski definition) is 4. The van der Waals surface area contributed by atoms with Crippen molar-refractivity contribution in [3.8, 4) is 0 Å². The second-order valence-corrected chi connectivity index (χ2v) is 5.37. The number of aryl methyl sites for hydroxylation is 2. The lowest BCUT2D eigenvalue weighted by molar-refractivity contribution is -0.127. The molecule has 1 N–H and O–H groups in total. The predicted octanol–water partition coefficient (Wildman–Crippen LogP) is 2.51. The van der Waals surface area contributed by atoms with E-state index in [0.717, 1.165) is 6.42 Å². The fraction of sp³-hybridized carbons (Fsp3) is 0.444. The zero-order chi connectivity index (χ0) is 17.2. The third-order valence-corrected chi connectivity index (χ3v) is 3.59. The zero-order valence-electron chi connectivity index (χ0n) is 14.3. The number of ether oxygens (including phenoxy) is 2. The maximum atomic E-state index is 12.2. The molecule has 2 aromatic rings. The van der Waals surface area contributed by atoms with Crippen LogP contribution in [-0.2, 0) is 27.2 Å². The van der Waals surface area contributed by atoms with Crippen LogP contribution in [0.25, 0.3) is 0 Å². The van der Waals surface area contributed by atoms with Gasteiger partial charge < -0.3 is 14.8 Å². The summed E-state index contributed by atoms with van der Waals surface area (Å²) < 4.78 is 12.4. The number of nitrogens with one attached hydrogen (secondary N) is 1. The molecule has 0 aliphatic carbocycles. The molecular formula is C18H25N3O3. The smallest absolute Gasteiger partial charge is 0.254 e. The van der Waals surface area contributed by atoms with Crippen LogP contribution in [0.4, 0.5) is 5.82 Å². The first kappa shape index (κ1) is 18.2. The van der Waals surface area contributed by atoms with Crippen LogP contribution in [0.15, 0.2) is 42.6 Å². The van der Waals surface area contributed by atoms with Gasteiger partial charge in [0.15, 0.2) is 0 Å². The Morgan fingerprint density at radius 1 is 1.25 bits per heavy atom.